The van der Waals surface area contributed by atoms with Crippen molar-refractivity contribution in [3.05, 3.63) is 34.9 Å². The van der Waals surface area contributed by atoms with Crippen molar-refractivity contribution in [2.24, 2.45) is 0 Å². The number of rotatable bonds is 4. The molecule has 0 bridgehead atoms. The van der Waals surface area contributed by atoms with Crippen LogP contribution in [0.2, 0.25) is 0 Å². The maximum absolute atomic E-state index is 12.2. The number of aryl methyl sites for hydroxylation is 2. The number of aliphatic hydroxyl groups excluding tert-OH is 1. The molecule has 1 heterocycles. The molecular weight excluding hydrogens is 238 g/mol. The van der Waals surface area contributed by atoms with Crippen LogP contribution in [0.25, 0.3) is 0 Å². The summed E-state index contributed by atoms with van der Waals surface area (Å²) in [5.74, 6) is 0.220. The van der Waals surface area contributed by atoms with Crippen LogP contribution in [0, 0.1) is 13.8 Å². The molecule has 1 fully saturated rings. The van der Waals surface area contributed by atoms with Crippen molar-refractivity contribution in [3.63, 3.8) is 0 Å². The molecule has 2 rings (SSSR count). The summed E-state index contributed by atoms with van der Waals surface area (Å²) in [6.07, 6.45) is 2.08. The van der Waals surface area contributed by atoms with Gasteiger partial charge in [-0.1, -0.05) is 17.2 Å². The van der Waals surface area contributed by atoms with Gasteiger partial charge in [-0.25, -0.2) is 0 Å². The van der Waals surface area contributed by atoms with Crippen molar-refractivity contribution in [1.29, 1.82) is 0 Å². The van der Waals surface area contributed by atoms with Gasteiger partial charge in [0.05, 0.1) is 6.10 Å². The van der Waals surface area contributed by atoms with Crippen molar-refractivity contribution in [2.45, 2.75) is 39.2 Å². The van der Waals surface area contributed by atoms with E-state index in [0.29, 0.717) is 6.42 Å². The summed E-state index contributed by atoms with van der Waals surface area (Å²) < 4.78 is 0. The highest BCUT2D eigenvalue weighted by molar-refractivity contribution is 5.96. The van der Waals surface area contributed by atoms with Crippen molar-refractivity contribution in [1.82, 2.24) is 4.90 Å². The van der Waals surface area contributed by atoms with Gasteiger partial charge in [-0.2, -0.15) is 0 Å². The zero-order chi connectivity index (χ0) is 13.8. The average molecular weight is 261 g/mol. The highest BCUT2D eigenvalue weighted by Gasteiger charge is 2.17. The maximum atomic E-state index is 12.2. The number of likely N-dealkylation sites (tertiary alicyclic amines) is 1. The number of nitrogens with zero attached hydrogens (tertiary/aromatic N) is 1. The van der Waals surface area contributed by atoms with Gasteiger partial charge in [-0.3, -0.25) is 4.79 Å². The Kier molecular flexibility index (Phi) is 4.72. The largest absolute Gasteiger partial charge is 0.393 e. The number of piperidine rings is 1. The molecule has 104 valence electrons. The number of carbonyl (C=O) groups excluding carboxylic acids is 1. The number of benzene rings is 1. The molecule has 1 aromatic carbocycles. The van der Waals surface area contributed by atoms with Gasteiger partial charge in [0, 0.05) is 31.6 Å². The molecule has 1 saturated heterocycles. The van der Waals surface area contributed by atoms with Crippen LogP contribution < -0.4 is 0 Å². The second kappa shape index (κ2) is 6.31. The maximum Gasteiger partial charge on any atom is 0.164 e. The topological polar surface area (TPSA) is 40.5 Å². The SMILES string of the molecule is Cc1cc(C)cc(C(=O)CCN2CCC(O)CC2)c1. The number of Topliss-reactive ketones (excluding diaryl/α,β-unsaturated/α-hetero) is 1. The van der Waals surface area contributed by atoms with E-state index >= 15 is 0 Å². The minimum absolute atomic E-state index is 0.147. The van der Waals surface area contributed by atoms with E-state index in [4.69, 9.17) is 0 Å². The molecule has 1 aliphatic heterocycles. The molecule has 0 amide bonds. The van der Waals surface area contributed by atoms with E-state index in [2.05, 4.69) is 11.0 Å². The Hall–Kier alpha value is -1.19. The molecule has 0 aromatic heterocycles. The number of carbonyl (C=O) groups is 1. The lowest BCUT2D eigenvalue weighted by Crippen LogP contribution is -2.37. The van der Waals surface area contributed by atoms with Gasteiger partial charge in [0.1, 0.15) is 0 Å². The van der Waals surface area contributed by atoms with Crippen LogP contribution in [0.5, 0.6) is 0 Å². The van der Waals surface area contributed by atoms with Crippen molar-refractivity contribution in [3.8, 4) is 0 Å². The number of hydrogen-bond donors (Lipinski definition) is 1. The van der Waals surface area contributed by atoms with Crippen LogP contribution in [0.1, 0.15) is 40.7 Å². The molecule has 0 saturated carbocycles. The highest BCUT2D eigenvalue weighted by atomic mass is 16.3. The van der Waals surface area contributed by atoms with Gasteiger partial charge in [0.2, 0.25) is 0 Å². The molecular formula is C16H23NO2. The van der Waals surface area contributed by atoms with E-state index in [9.17, 15) is 9.90 Å². The van der Waals surface area contributed by atoms with Gasteiger partial charge < -0.3 is 10.0 Å². The standard InChI is InChI=1S/C16H23NO2/c1-12-9-13(2)11-14(10-12)16(19)5-8-17-6-3-15(18)4-7-17/h9-11,15,18H,3-8H2,1-2H3. The lowest BCUT2D eigenvalue weighted by atomic mass is 10.0. The van der Waals surface area contributed by atoms with E-state index in [1.165, 1.54) is 0 Å². The first-order chi connectivity index (χ1) is 9.04. The molecule has 1 N–H and O–H groups in total. The van der Waals surface area contributed by atoms with Gasteiger partial charge in [-0.15, -0.1) is 0 Å². The Bertz CT molecular complexity index is 428. The lowest BCUT2D eigenvalue weighted by molar-refractivity contribution is 0.0778. The second-order valence-electron chi connectivity index (χ2n) is 5.62. The molecule has 0 atom stereocenters. The van der Waals surface area contributed by atoms with Crippen molar-refractivity contribution in [2.75, 3.05) is 19.6 Å². The molecule has 19 heavy (non-hydrogen) atoms. The number of ketones is 1. The summed E-state index contributed by atoms with van der Waals surface area (Å²) in [5, 5.41) is 9.45. The van der Waals surface area contributed by atoms with Crippen LogP contribution >= 0.6 is 0 Å². The first kappa shape index (κ1) is 14.2. The van der Waals surface area contributed by atoms with Crippen molar-refractivity contribution >= 4 is 5.78 Å². The monoisotopic (exact) mass is 261 g/mol. The fraction of sp³-hybridized carbons (Fsp3) is 0.562. The molecule has 0 unspecified atom stereocenters. The summed E-state index contributed by atoms with van der Waals surface area (Å²) in [5.41, 5.74) is 3.11. The van der Waals surface area contributed by atoms with Gasteiger partial charge in [0.15, 0.2) is 5.78 Å². The predicted octanol–water partition coefficient (Wildman–Crippen LogP) is 2.33. The van der Waals surface area contributed by atoms with E-state index in [1.807, 2.05) is 26.0 Å². The number of aliphatic hydroxyl groups is 1. The molecule has 3 nitrogen and oxygen atoms in total. The van der Waals surface area contributed by atoms with Crippen LogP contribution in [0.15, 0.2) is 18.2 Å². The zero-order valence-electron chi connectivity index (χ0n) is 11.9. The third kappa shape index (κ3) is 4.15. The highest BCUT2D eigenvalue weighted by Crippen LogP contribution is 2.13. The van der Waals surface area contributed by atoms with E-state index in [-0.39, 0.29) is 11.9 Å². The molecule has 1 aromatic rings. The Morgan fingerprint density at radius 2 is 1.79 bits per heavy atom. The number of hydrogen-bond acceptors (Lipinski definition) is 3. The first-order valence-electron chi connectivity index (χ1n) is 7.06. The first-order valence-corrected chi connectivity index (χ1v) is 7.06. The zero-order valence-corrected chi connectivity index (χ0v) is 11.9. The second-order valence-corrected chi connectivity index (χ2v) is 5.62. The van der Waals surface area contributed by atoms with E-state index < -0.39 is 0 Å². The Balaban J connectivity index is 1.87. The Morgan fingerprint density at radius 3 is 2.37 bits per heavy atom. The minimum atomic E-state index is -0.147. The fourth-order valence-corrected chi connectivity index (χ4v) is 2.68. The van der Waals surface area contributed by atoms with Crippen LogP contribution in [-0.2, 0) is 0 Å². The summed E-state index contributed by atoms with van der Waals surface area (Å²) in [4.78, 5) is 14.5. The van der Waals surface area contributed by atoms with E-state index in [0.717, 1.165) is 49.2 Å². The quantitative estimate of drug-likeness (QED) is 0.846. The van der Waals surface area contributed by atoms with Gasteiger partial charge >= 0.3 is 0 Å². The van der Waals surface area contributed by atoms with Crippen molar-refractivity contribution < 1.29 is 9.90 Å². The smallest absolute Gasteiger partial charge is 0.164 e. The van der Waals surface area contributed by atoms with Crippen LogP contribution in [0.4, 0.5) is 0 Å². The third-order valence-corrected chi connectivity index (χ3v) is 3.76. The average Bonchev–Trinajstić information content (AvgIpc) is 2.36. The Labute approximate surface area is 115 Å². The fourth-order valence-electron chi connectivity index (χ4n) is 2.68. The minimum Gasteiger partial charge on any atom is -0.393 e. The molecule has 0 radical (unpaired) electrons. The third-order valence-electron chi connectivity index (χ3n) is 3.76. The summed E-state index contributed by atoms with van der Waals surface area (Å²) in [6, 6.07) is 6.02. The summed E-state index contributed by atoms with van der Waals surface area (Å²) in [7, 11) is 0. The van der Waals surface area contributed by atoms with Crippen LogP contribution in [-0.4, -0.2) is 41.5 Å². The lowest BCUT2D eigenvalue weighted by Gasteiger charge is -2.29. The van der Waals surface area contributed by atoms with E-state index in [1.54, 1.807) is 0 Å². The predicted molar refractivity (Wildman–Crippen MR) is 76.5 cm³/mol. The van der Waals surface area contributed by atoms with Gasteiger partial charge in [-0.05, 0) is 38.8 Å². The molecule has 0 spiro atoms. The summed E-state index contributed by atoms with van der Waals surface area (Å²) >= 11 is 0. The Morgan fingerprint density at radius 1 is 1.21 bits per heavy atom. The molecule has 0 aliphatic carbocycles. The summed E-state index contributed by atoms with van der Waals surface area (Å²) in [6.45, 7) is 6.66. The van der Waals surface area contributed by atoms with Crippen LogP contribution in [0.3, 0.4) is 0 Å². The molecule has 3 heteroatoms. The normalized spacial score (nSPS) is 17.6. The molecule has 1 aliphatic rings. The van der Waals surface area contributed by atoms with Gasteiger partial charge in [0.25, 0.3) is 0 Å².